The van der Waals surface area contributed by atoms with Gasteiger partial charge in [0, 0.05) is 11.9 Å². The van der Waals surface area contributed by atoms with E-state index in [0.717, 1.165) is 11.3 Å². The van der Waals surface area contributed by atoms with Crippen LogP contribution in [-0.2, 0) is 0 Å². The van der Waals surface area contributed by atoms with E-state index in [-0.39, 0.29) is 0 Å². The lowest BCUT2D eigenvalue weighted by Crippen LogP contribution is -1.78. The third-order valence-corrected chi connectivity index (χ3v) is 0.970. The molecule has 0 spiro atoms. The molecule has 0 aromatic carbocycles. The van der Waals surface area contributed by atoms with Gasteiger partial charge in [-0.2, -0.15) is 0 Å². The highest BCUT2D eigenvalue weighted by Gasteiger charge is 1.82. The summed E-state index contributed by atoms with van der Waals surface area (Å²) < 4.78 is 7.17. The summed E-state index contributed by atoms with van der Waals surface area (Å²) in [5.41, 5.74) is 2.02. The van der Waals surface area contributed by atoms with Gasteiger partial charge in [-0.15, -0.1) is 0 Å². The maximum Gasteiger partial charge on any atom is 0.0840 e. The molecule has 0 fully saturated rings. The molecule has 1 heterocycles. The van der Waals surface area contributed by atoms with E-state index in [4.69, 9.17) is 1.37 Å². The van der Waals surface area contributed by atoms with Gasteiger partial charge < -0.3 is 0 Å². The molecule has 0 atom stereocenters. The second kappa shape index (κ2) is 1.95. The third kappa shape index (κ3) is 1.06. The molecule has 1 rings (SSSR count). The average molecular weight is 108 g/mol. The van der Waals surface area contributed by atoms with Gasteiger partial charge in [0.15, 0.2) is 0 Å². The summed E-state index contributed by atoms with van der Waals surface area (Å²) in [6.07, 6.45) is 0.354. The molecule has 1 nitrogen and oxygen atoms in total. The van der Waals surface area contributed by atoms with Crippen molar-refractivity contribution in [1.82, 2.24) is 4.98 Å². The molecular weight excluding hydrogens is 98.1 g/mol. The maximum absolute atomic E-state index is 7.17. The van der Waals surface area contributed by atoms with Gasteiger partial charge in [0.05, 0.1) is 1.37 Å². The number of pyridine rings is 1. The Morgan fingerprint density at radius 1 is 1.62 bits per heavy atom. The first-order chi connectivity index (χ1) is 4.18. The summed E-state index contributed by atoms with van der Waals surface area (Å²) in [6.45, 7) is 3.86. The largest absolute Gasteiger partial charge is 0.262 e. The number of hydrogen-bond acceptors (Lipinski definition) is 1. The minimum Gasteiger partial charge on any atom is -0.262 e. The smallest absolute Gasteiger partial charge is 0.0840 e. The molecule has 1 aromatic rings. The van der Waals surface area contributed by atoms with Crippen LogP contribution in [-0.4, -0.2) is 4.98 Å². The van der Waals surface area contributed by atoms with Crippen LogP contribution in [0.2, 0.25) is 0 Å². The first-order valence-corrected chi connectivity index (χ1v) is 2.60. The lowest BCUT2D eigenvalue weighted by molar-refractivity contribution is 1.18. The topological polar surface area (TPSA) is 12.9 Å². The first-order valence-electron chi connectivity index (χ1n) is 3.10. The van der Waals surface area contributed by atoms with Crippen molar-refractivity contribution in [1.29, 1.82) is 0 Å². The van der Waals surface area contributed by atoms with Gasteiger partial charge in [-0.05, 0) is 31.5 Å². The van der Waals surface area contributed by atoms with Crippen LogP contribution in [0.5, 0.6) is 0 Å². The van der Waals surface area contributed by atoms with E-state index in [1.54, 1.807) is 6.07 Å². The van der Waals surface area contributed by atoms with Crippen molar-refractivity contribution in [3.63, 3.8) is 0 Å². The fourth-order valence-corrected chi connectivity index (χ4v) is 0.639. The van der Waals surface area contributed by atoms with Crippen molar-refractivity contribution in [2.45, 2.75) is 13.8 Å². The summed E-state index contributed by atoms with van der Waals surface area (Å²) in [5.74, 6) is 0. The van der Waals surface area contributed by atoms with Crippen LogP contribution in [0.4, 0.5) is 0 Å². The fraction of sp³-hybridized carbons (Fsp3) is 0.286. The zero-order valence-electron chi connectivity index (χ0n) is 6.10. The van der Waals surface area contributed by atoms with Gasteiger partial charge in [0.25, 0.3) is 0 Å². The zero-order valence-corrected chi connectivity index (χ0v) is 5.10. The Bertz CT molecular complexity index is 170. The van der Waals surface area contributed by atoms with Crippen LogP contribution in [0.3, 0.4) is 0 Å². The molecule has 0 aliphatic rings. The van der Waals surface area contributed by atoms with Crippen molar-refractivity contribution in [3.05, 3.63) is 29.6 Å². The molecule has 42 valence electrons. The maximum atomic E-state index is 7.17. The Kier molecular flexibility index (Phi) is 0.992. The molecule has 1 heteroatoms. The Morgan fingerprint density at radius 2 is 2.38 bits per heavy atom. The van der Waals surface area contributed by atoms with E-state index in [2.05, 4.69) is 4.98 Å². The minimum absolute atomic E-state index is 0.354. The van der Waals surface area contributed by atoms with Crippen LogP contribution in [0.1, 0.15) is 12.6 Å². The van der Waals surface area contributed by atoms with Crippen molar-refractivity contribution < 1.29 is 1.37 Å². The van der Waals surface area contributed by atoms with Crippen LogP contribution < -0.4 is 0 Å². The molecule has 0 amide bonds. The van der Waals surface area contributed by atoms with E-state index in [9.17, 15) is 0 Å². The molecule has 8 heavy (non-hydrogen) atoms. The zero-order chi connectivity index (χ0) is 6.85. The lowest BCUT2D eigenvalue weighted by Gasteiger charge is -1.90. The molecular formula is C7H9N. The summed E-state index contributed by atoms with van der Waals surface area (Å²) in [5, 5.41) is 0. The summed E-state index contributed by atoms with van der Waals surface area (Å²) in [4.78, 5) is 3.90. The molecule has 0 unspecified atom stereocenters. The molecule has 0 N–H and O–H groups in total. The monoisotopic (exact) mass is 108 g/mol. The predicted octanol–water partition coefficient (Wildman–Crippen LogP) is 1.70. The molecule has 0 radical (unpaired) electrons. The molecule has 0 aliphatic carbocycles. The molecule has 0 saturated carbocycles. The normalized spacial score (nSPS) is 11.0. The quantitative estimate of drug-likeness (QED) is 0.493. The van der Waals surface area contributed by atoms with E-state index >= 15 is 0 Å². The van der Waals surface area contributed by atoms with Crippen molar-refractivity contribution >= 4 is 0 Å². The van der Waals surface area contributed by atoms with Gasteiger partial charge >= 0.3 is 0 Å². The standard InChI is InChI=1S/C7H9N/c1-6-3-4-8-7(2)5-6/h3-5H,1-2H3/i4D. The van der Waals surface area contributed by atoms with Crippen LogP contribution in [0, 0.1) is 13.8 Å². The number of nitrogens with zero attached hydrogens (tertiary/aromatic N) is 1. The Balaban J connectivity index is 3.17. The van der Waals surface area contributed by atoms with Crippen LogP contribution >= 0.6 is 0 Å². The van der Waals surface area contributed by atoms with Gasteiger partial charge in [0.2, 0.25) is 0 Å². The van der Waals surface area contributed by atoms with Crippen molar-refractivity contribution in [3.8, 4) is 0 Å². The molecule has 0 bridgehead atoms. The van der Waals surface area contributed by atoms with Crippen LogP contribution in [0.15, 0.2) is 18.3 Å². The summed E-state index contributed by atoms with van der Waals surface area (Å²) >= 11 is 0. The van der Waals surface area contributed by atoms with Gasteiger partial charge in [-0.3, -0.25) is 4.98 Å². The van der Waals surface area contributed by atoms with E-state index in [1.807, 2.05) is 19.9 Å². The lowest BCUT2D eigenvalue weighted by atomic mass is 10.3. The third-order valence-electron chi connectivity index (χ3n) is 0.970. The van der Waals surface area contributed by atoms with E-state index in [0.29, 0.717) is 6.17 Å². The first kappa shape index (κ1) is 4.07. The minimum atomic E-state index is 0.354. The molecule has 0 aliphatic heterocycles. The number of rotatable bonds is 0. The number of aryl methyl sites for hydroxylation is 2. The second-order valence-electron chi connectivity index (χ2n) is 1.91. The highest BCUT2D eigenvalue weighted by Crippen LogP contribution is 1.95. The van der Waals surface area contributed by atoms with E-state index in [1.165, 1.54) is 0 Å². The van der Waals surface area contributed by atoms with Gasteiger partial charge in [-0.1, -0.05) is 0 Å². The highest BCUT2D eigenvalue weighted by molar-refractivity contribution is 5.12. The van der Waals surface area contributed by atoms with Gasteiger partial charge in [-0.25, -0.2) is 0 Å². The fourth-order valence-electron chi connectivity index (χ4n) is 0.639. The summed E-state index contributed by atoms with van der Waals surface area (Å²) in [6, 6.07) is 3.70. The molecule has 0 saturated heterocycles. The molecule has 1 aromatic heterocycles. The van der Waals surface area contributed by atoms with Crippen LogP contribution in [0.25, 0.3) is 0 Å². The predicted molar refractivity (Wildman–Crippen MR) is 33.7 cm³/mol. The van der Waals surface area contributed by atoms with Crippen molar-refractivity contribution in [2.24, 2.45) is 0 Å². The number of hydrogen-bond donors (Lipinski definition) is 0. The average Bonchev–Trinajstić information content (AvgIpc) is 1.59. The second-order valence-corrected chi connectivity index (χ2v) is 1.91. The highest BCUT2D eigenvalue weighted by atomic mass is 14.6. The summed E-state index contributed by atoms with van der Waals surface area (Å²) in [7, 11) is 0. The Morgan fingerprint density at radius 3 is 2.88 bits per heavy atom. The number of aromatic nitrogens is 1. The Hall–Kier alpha value is -0.850. The Labute approximate surface area is 50.8 Å². The SMILES string of the molecule is [2H]c1cc(C)cc(C)n1. The van der Waals surface area contributed by atoms with Crippen molar-refractivity contribution in [2.75, 3.05) is 0 Å². The van der Waals surface area contributed by atoms with E-state index < -0.39 is 0 Å². The van der Waals surface area contributed by atoms with Gasteiger partial charge in [0.1, 0.15) is 0 Å².